The van der Waals surface area contributed by atoms with Crippen LogP contribution in [-0.4, -0.2) is 10.9 Å². The van der Waals surface area contributed by atoms with Gasteiger partial charge in [-0.2, -0.15) is 0 Å². The van der Waals surface area contributed by atoms with Crippen LogP contribution in [0.2, 0.25) is 5.02 Å². The lowest BCUT2D eigenvalue weighted by molar-refractivity contribution is -0.115. The van der Waals surface area contributed by atoms with Crippen molar-refractivity contribution in [1.29, 1.82) is 0 Å². The Hall–Kier alpha value is -1.82. The maximum atomic E-state index is 12.4. The van der Waals surface area contributed by atoms with Gasteiger partial charge in [-0.3, -0.25) is 4.79 Å². The molecule has 2 aromatic carbocycles. The molecule has 0 aliphatic heterocycles. The van der Waals surface area contributed by atoms with Gasteiger partial charge in [-0.05, 0) is 49.6 Å². The molecule has 1 heterocycles. The van der Waals surface area contributed by atoms with Gasteiger partial charge in [0.25, 0.3) is 0 Å². The Balaban J connectivity index is 1.58. The minimum Gasteiger partial charge on any atom is -0.325 e. The number of benzene rings is 2. The number of hydrogen-bond donors (Lipinski definition) is 1. The molecule has 0 aliphatic rings. The molecule has 1 amide bonds. The molecule has 3 nitrogen and oxygen atoms in total. The molecule has 0 fully saturated rings. The molecule has 0 spiro atoms. The summed E-state index contributed by atoms with van der Waals surface area (Å²) in [6.45, 7) is 6.09. The molecule has 0 atom stereocenters. The van der Waals surface area contributed by atoms with Crippen LogP contribution in [0.1, 0.15) is 27.9 Å². The number of amides is 1. The first-order valence-electron chi connectivity index (χ1n) is 8.60. The van der Waals surface area contributed by atoms with Crippen LogP contribution in [0.25, 0.3) is 0 Å². The highest BCUT2D eigenvalue weighted by Gasteiger charge is 2.12. The SMILES string of the molecule is Cc1cc(C)c(NC(=O)Cc2csc(SCc3cccc(Cl)c3)n2)c(C)c1. The van der Waals surface area contributed by atoms with Crippen molar-refractivity contribution in [1.82, 2.24) is 4.98 Å². The first-order chi connectivity index (χ1) is 12.9. The molecule has 3 rings (SSSR count). The third-order valence-electron chi connectivity index (χ3n) is 4.07. The molecular weight excluding hydrogens is 396 g/mol. The monoisotopic (exact) mass is 416 g/mol. The number of thiazole rings is 1. The van der Waals surface area contributed by atoms with Crippen molar-refractivity contribution < 1.29 is 4.79 Å². The summed E-state index contributed by atoms with van der Waals surface area (Å²) in [7, 11) is 0. The second kappa shape index (κ2) is 8.91. The van der Waals surface area contributed by atoms with Crippen LogP contribution >= 0.6 is 34.7 Å². The molecule has 0 radical (unpaired) electrons. The van der Waals surface area contributed by atoms with Crippen molar-refractivity contribution >= 4 is 46.3 Å². The fourth-order valence-electron chi connectivity index (χ4n) is 2.93. The lowest BCUT2D eigenvalue weighted by atomic mass is 10.0. The predicted octanol–water partition coefficient (Wildman–Crippen LogP) is 6.20. The predicted molar refractivity (Wildman–Crippen MR) is 116 cm³/mol. The second-order valence-corrected chi connectivity index (χ2v) is 9.04. The maximum absolute atomic E-state index is 12.4. The van der Waals surface area contributed by atoms with E-state index in [0.717, 1.165) is 43.2 Å². The third-order valence-corrected chi connectivity index (χ3v) is 6.44. The number of anilines is 1. The van der Waals surface area contributed by atoms with Crippen molar-refractivity contribution in [2.24, 2.45) is 0 Å². The van der Waals surface area contributed by atoms with Gasteiger partial charge in [-0.15, -0.1) is 11.3 Å². The molecule has 3 aromatic rings. The second-order valence-electron chi connectivity index (χ2n) is 6.52. The summed E-state index contributed by atoms with van der Waals surface area (Å²) in [5.41, 5.74) is 6.22. The fourth-order valence-corrected chi connectivity index (χ4v) is 4.93. The molecule has 0 saturated heterocycles. The van der Waals surface area contributed by atoms with E-state index in [9.17, 15) is 4.79 Å². The van der Waals surface area contributed by atoms with Gasteiger partial charge in [0.15, 0.2) is 0 Å². The standard InChI is InChI=1S/C21H21ClN2OS2/c1-13-7-14(2)20(15(3)8-13)24-19(25)10-18-12-27-21(23-18)26-11-16-5-4-6-17(22)9-16/h4-9,12H,10-11H2,1-3H3,(H,24,25). The quantitative estimate of drug-likeness (QED) is 0.486. The van der Waals surface area contributed by atoms with Crippen LogP contribution < -0.4 is 5.32 Å². The van der Waals surface area contributed by atoms with E-state index in [2.05, 4.69) is 29.4 Å². The zero-order chi connectivity index (χ0) is 19.4. The summed E-state index contributed by atoms with van der Waals surface area (Å²) in [5.74, 6) is 0.767. The molecule has 0 bridgehead atoms. The smallest absolute Gasteiger partial charge is 0.230 e. The van der Waals surface area contributed by atoms with Gasteiger partial charge >= 0.3 is 0 Å². The van der Waals surface area contributed by atoms with E-state index >= 15 is 0 Å². The van der Waals surface area contributed by atoms with Gasteiger partial charge in [0, 0.05) is 21.8 Å². The normalized spacial score (nSPS) is 10.8. The first-order valence-corrected chi connectivity index (χ1v) is 10.8. The summed E-state index contributed by atoms with van der Waals surface area (Å²) in [6.07, 6.45) is 0.279. The van der Waals surface area contributed by atoms with Crippen LogP contribution in [0.3, 0.4) is 0 Å². The number of thioether (sulfide) groups is 1. The number of halogens is 1. The molecule has 6 heteroatoms. The highest BCUT2D eigenvalue weighted by Crippen LogP contribution is 2.27. The Morgan fingerprint density at radius 2 is 1.93 bits per heavy atom. The molecule has 0 aliphatic carbocycles. The molecule has 0 saturated carbocycles. The average molecular weight is 417 g/mol. The summed E-state index contributed by atoms with van der Waals surface area (Å²) in [6, 6.07) is 12.0. The Labute approximate surface area is 173 Å². The summed E-state index contributed by atoms with van der Waals surface area (Å²) in [5, 5.41) is 5.73. The number of carbonyl (C=O) groups is 1. The number of aromatic nitrogens is 1. The van der Waals surface area contributed by atoms with Crippen LogP contribution in [0.15, 0.2) is 46.1 Å². The van der Waals surface area contributed by atoms with Crippen molar-refractivity contribution in [2.75, 3.05) is 5.32 Å². The van der Waals surface area contributed by atoms with Crippen molar-refractivity contribution in [3.8, 4) is 0 Å². The highest BCUT2D eigenvalue weighted by molar-refractivity contribution is 8.00. The van der Waals surface area contributed by atoms with Crippen LogP contribution in [0, 0.1) is 20.8 Å². The number of nitrogens with zero attached hydrogens (tertiary/aromatic N) is 1. The zero-order valence-electron chi connectivity index (χ0n) is 15.5. The van der Waals surface area contributed by atoms with Crippen LogP contribution in [0.4, 0.5) is 5.69 Å². The van der Waals surface area contributed by atoms with E-state index in [0.29, 0.717) is 0 Å². The van der Waals surface area contributed by atoms with Gasteiger partial charge in [0.1, 0.15) is 4.34 Å². The minimum absolute atomic E-state index is 0.0401. The van der Waals surface area contributed by atoms with Crippen LogP contribution in [-0.2, 0) is 17.0 Å². The van der Waals surface area contributed by atoms with Gasteiger partial charge in [0.2, 0.25) is 5.91 Å². The minimum atomic E-state index is -0.0401. The van der Waals surface area contributed by atoms with Gasteiger partial charge < -0.3 is 5.32 Å². The van der Waals surface area contributed by atoms with E-state index < -0.39 is 0 Å². The molecule has 140 valence electrons. The van der Waals surface area contributed by atoms with E-state index in [1.54, 1.807) is 23.1 Å². The maximum Gasteiger partial charge on any atom is 0.230 e. The number of carbonyl (C=O) groups excluding carboxylic acids is 1. The Morgan fingerprint density at radius 3 is 2.63 bits per heavy atom. The Morgan fingerprint density at radius 1 is 1.19 bits per heavy atom. The average Bonchev–Trinajstić information content (AvgIpc) is 3.04. The van der Waals surface area contributed by atoms with E-state index in [4.69, 9.17) is 11.6 Å². The molecule has 1 N–H and O–H groups in total. The van der Waals surface area contributed by atoms with E-state index in [1.807, 2.05) is 43.5 Å². The molecule has 1 aromatic heterocycles. The summed E-state index contributed by atoms with van der Waals surface area (Å²) in [4.78, 5) is 17.0. The number of aryl methyl sites for hydroxylation is 3. The largest absolute Gasteiger partial charge is 0.325 e. The lowest BCUT2D eigenvalue weighted by Crippen LogP contribution is -2.16. The van der Waals surface area contributed by atoms with Gasteiger partial charge in [-0.1, -0.05) is 53.2 Å². The lowest BCUT2D eigenvalue weighted by Gasteiger charge is -2.12. The topological polar surface area (TPSA) is 42.0 Å². The summed E-state index contributed by atoms with van der Waals surface area (Å²) < 4.78 is 0.959. The number of rotatable bonds is 6. The summed E-state index contributed by atoms with van der Waals surface area (Å²) >= 11 is 9.24. The zero-order valence-corrected chi connectivity index (χ0v) is 17.9. The third kappa shape index (κ3) is 5.58. The number of nitrogens with one attached hydrogen (secondary N) is 1. The van der Waals surface area contributed by atoms with Gasteiger partial charge in [-0.25, -0.2) is 4.98 Å². The van der Waals surface area contributed by atoms with Crippen molar-refractivity contribution in [2.45, 2.75) is 37.3 Å². The van der Waals surface area contributed by atoms with Crippen LogP contribution in [0.5, 0.6) is 0 Å². The van der Waals surface area contributed by atoms with Crippen molar-refractivity contribution in [3.63, 3.8) is 0 Å². The van der Waals surface area contributed by atoms with E-state index in [1.165, 1.54) is 5.56 Å². The Bertz CT molecular complexity index is 945. The Kier molecular flexibility index (Phi) is 6.58. The van der Waals surface area contributed by atoms with E-state index in [-0.39, 0.29) is 12.3 Å². The number of hydrogen-bond acceptors (Lipinski definition) is 4. The van der Waals surface area contributed by atoms with Gasteiger partial charge in [0.05, 0.1) is 12.1 Å². The first kappa shape index (κ1) is 19.9. The fraction of sp³-hybridized carbons (Fsp3) is 0.238. The van der Waals surface area contributed by atoms with Crippen molar-refractivity contribution in [3.05, 3.63) is 74.7 Å². The molecule has 0 unspecified atom stereocenters. The highest BCUT2D eigenvalue weighted by atomic mass is 35.5. The molecular formula is C21H21ClN2OS2. The molecule has 27 heavy (non-hydrogen) atoms.